The van der Waals surface area contributed by atoms with Gasteiger partial charge in [-0.15, -0.1) is 0 Å². The van der Waals surface area contributed by atoms with Crippen molar-refractivity contribution in [1.82, 2.24) is 40.6 Å². The van der Waals surface area contributed by atoms with Crippen LogP contribution < -0.4 is 24.8 Å². The van der Waals surface area contributed by atoms with Crippen molar-refractivity contribution in [3.8, 4) is 17.5 Å². The second-order valence-corrected chi connectivity index (χ2v) is 20.0. The zero-order valence-electron chi connectivity index (χ0n) is 36.9. The number of likely N-dealkylation sites (tertiary alicyclic amines) is 1. The van der Waals surface area contributed by atoms with Gasteiger partial charge in [0, 0.05) is 55.6 Å². The van der Waals surface area contributed by atoms with Crippen LogP contribution in [0.1, 0.15) is 52.5 Å². The van der Waals surface area contributed by atoms with Crippen LogP contribution in [0.25, 0.3) is 0 Å². The highest BCUT2D eigenvalue weighted by atomic mass is 32.2. The van der Waals surface area contributed by atoms with Crippen molar-refractivity contribution in [2.24, 2.45) is 11.8 Å². The molecule has 2 N–H and O–H groups in total. The van der Waals surface area contributed by atoms with Gasteiger partial charge in [0.1, 0.15) is 5.75 Å². The molecule has 18 nitrogen and oxygen atoms in total. The molecule has 380 valence electrons. The van der Waals surface area contributed by atoms with E-state index in [2.05, 4.69) is 50.5 Å². The zero-order chi connectivity index (χ0) is 50.2. The zero-order valence-corrected chi connectivity index (χ0v) is 38.5. The van der Waals surface area contributed by atoms with Crippen LogP contribution in [0.5, 0.6) is 17.5 Å². The van der Waals surface area contributed by atoms with Gasteiger partial charge in [0.15, 0.2) is 0 Å². The topological polar surface area (TPSA) is 235 Å². The molecule has 2 aliphatic heterocycles. The largest absolute Gasteiger partial charge is 0.426 e. The van der Waals surface area contributed by atoms with E-state index in [4.69, 9.17) is 4.74 Å². The third-order valence-corrected chi connectivity index (χ3v) is 15.4. The summed E-state index contributed by atoms with van der Waals surface area (Å²) in [4.78, 5) is 31.5. The normalized spacial score (nSPS) is 16.1. The highest BCUT2D eigenvalue weighted by Gasteiger charge is 2.49. The average Bonchev–Trinajstić information content (AvgIpc) is 3.33. The molecule has 5 aromatic rings. The number of pyridine rings is 2. The van der Waals surface area contributed by atoms with Gasteiger partial charge in [-0.25, -0.2) is 40.4 Å². The molecule has 2 fully saturated rings. The molecule has 0 saturated carbocycles. The van der Waals surface area contributed by atoms with Gasteiger partial charge in [0.2, 0.25) is 41.4 Å². The van der Waals surface area contributed by atoms with Gasteiger partial charge in [-0.1, -0.05) is 25.6 Å². The van der Waals surface area contributed by atoms with E-state index in [-0.39, 0.29) is 50.6 Å². The summed E-state index contributed by atoms with van der Waals surface area (Å²) in [5, 5.41) is 15.2. The number of sulfone groups is 2. The molecule has 70 heavy (non-hydrogen) atoms. The number of carbonyl (C=O) groups is 2. The van der Waals surface area contributed by atoms with E-state index in [9.17, 15) is 48.4 Å². The molecule has 0 spiro atoms. The highest BCUT2D eigenvalue weighted by molar-refractivity contribution is 7.93. The minimum absolute atomic E-state index is 0. The van der Waals surface area contributed by atoms with Crippen molar-refractivity contribution in [2.75, 3.05) is 31.5 Å². The number of alkyl halides is 6. The Bertz CT molecular complexity index is 2580. The highest BCUT2D eigenvalue weighted by Crippen LogP contribution is 2.40. The number of amides is 2. The number of piperidine rings is 2. The van der Waals surface area contributed by atoms with Gasteiger partial charge in [0.25, 0.3) is 0 Å². The third-order valence-electron chi connectivity index (χ3n) is 10.9. The summed E-state index contributed by atoms with van der Waals surface area (Å²) in [6.45, 7) is -2.74. The van der Waals surface area contributed by atoms with Gasteiger partial charge in [-0.05, 0) is 94.6 Å². The van der Waals surface area contributed by atoms with Gasteiger partial charge >= 0.3 is 25.2 Å². The Labute approximate surface area is 400 Å². The molecule has 2 atom stereocenters. The number of aromatic nitrogens is 6. The van der Waals surface area contributed by atoms with Crippen LogP contribution >= 0.6 is 0 Å². The van der Waals surface area contributed by atoms with Crippen LogP contribution in [-0.4, -0.2) is 114 Å². The Morgan fingerprint density at radius 2 is 1.20 bits per heavy atom. The molecular weight excluding hydrogens is 977 g/mol. The summed E-state index contributed by atoms with van der Waals surface area (Å²) in [5.41, 5.74) is 1.24. The van der Waals surface area contributed by atoms with E-state index < -0.39 is 77.4 Å². The maximum atomic E-state index is 15.5. The minimum atomic E-state index is -4.48. The average molecular weight is 1030 g/mol. The predicted octanol–water partition coefficient (Wildman–Crippen LogP) is 7.28. The molecule has 2 amide bonds. The molecule has 0 radical (unpaired) electrons. The first-order chi connectivity index (χ1) is 32.7. The van der Waals surface area contributed by atoms with E-state index in [1.54, 1.807) is 36.7 Å². The van der Waals surface area contributed by atoms with Gasteiger partial charge < -0.3 is 29.7 Å². The van der Waals surface area contributed by atoms with E-state index in [0.717, 1.165) is 56.1 Å². The fraction of sp³-hybridized carbons (Fsp3) is 0.409. The Balaban J connectivity index is 0.000000239. The number of nitrogens with zero attached hydrogens (tertiary/aromatic N) is 7. The summed E-state index contributed by atoms with van der Waals surface area (Å²) in [7, 11) is -8.76. The first kappa shape index (κ1) is 56.1. The fourth-order valence-corrected chi connectivity index (χ4v) is 10.2. The molecular formula is C44H51F6N9O9S2. The molecule has 0 bridgehead atoms. The smallest absolute Gasteiger partial charge is 0.388 e. The lowest BCUT2D eigenvalue weighted by atomic mass is 9.92. The molecule has 26 heteroatoms. The van der Waals surface area contributed by atoms with Crippen molar-refractivity contribution in [2.45, 2.75) is 86.4 Å². The third kappa shape index (κ3) is 15.2. The van der Waals surface area contributed by atoms with E-state index in [0.29, 0.717) is 37.4 Å². The van der Waals surface area contributed by atoms with Crippen molar-refractivity contribution in [3.05, 3.63) is 109 Å². The van der Waals surface area contributed by atoms with Crippen molar-refractivity contribution >= 4 is 37.4 Å². The molecule has 7 rings (SSSR count). The van der Waals surface area contributed by atoms with Crippen LogP contribution in [0, 0.1) is 11.8 Å². The van der Waals surface area contributed by atoms with E-state index in [1.807, 2.05) is 18.2 Å². The number of hydrogen-bond donors (Lipinski definition) is 2. The summed E-state index contributed by atoms with van der Waals surface area (Å²) >= 11 is 0. The molecule has 2 unspecified atom stereocenters. The number of carbonyl (C=O) groups excluding carboxylic acids is 2. The van der Waals surface area contributed by atoms with Gasteiger partial charge in [-0.3, -0.25) is 4.79 Å². The van der Waals surface area contributed by atoms with Crippen molar-refractivity contribution in [3.63, 3.8) is 0 Å². The maximum Gasteiger partial charge on any atom is 0.388 e. The summed E-state index contributed by atoms with van der Waals surface area (Å²) in [6, 6.07) is 15.8. The van der Waals surface area contributed by atoms with Crippen molar-refractivity contribution in [1.29, 1.82) is 0 Å². The number of anilines is 1. The SMILES string of the molecule is C.CC(F)(C1CCN(C(=O)Nc2ccnnc2)CC1)S(=O)(=O)c1ccc(OC(F)F)nc1.CC(F)(C1CCNCC1)S(=O)(=O)c1ccc(OC(F)F)nc1.O=C(Cc1ccnnc1)Oc1ccccc1. The molecule has 6 heterocycles. The molecule has 2 aliphatic rings. The summed E-state index contributed by atoms with van der Waals surface area (Å²) in [6.07, 6.45) is 8.77. The number of para-hydroxylation sites is 1. The lowest BCUT2D eigenvalue weighted by Gasteiger charge is -2.37. The lowest BCUT2D eigenvalue weighted by molar-refractivity contribution is -0.133. The fourth-order valence-electron chi connectivity index (χ4n) is 7.02. The van der Waals surface area contributed by atoms with Crippen molar-refractivity contribution < 1.29 is 67.0 Å². The van der Waals surface area contributed by atoms with Crippen LogP contribution in [0.2, 0.25) is 0 Å². The first-order valence-electron chi connectivity index (χ1n) is 20.9. The number of benzene rings is 1. The lowest BCUT2D eigenvalue weighted by Crippen LogP contribution is -2.48. The number of ether oxygens (including phenoxy) is 3. The Hall–Kier alpha value is -6.54. The van der Waals surface area contributed by atoms with Crippen LogP contribution in [0.15, 0.2) is 114 Å². The van der Waals surface area contributed by atoms with Crippen LogP contribution in [-0.2, 0) is 30.9 Å². The number of rotatable bonds is 14. The number of esters is 1. The summed E-state index contributed by atoms with van der Waals surface area (Å²) < 4.78 is 143. The molecule has 2 saturated heterocycles. The van der Waals surface area contributed by atoms with Gasteiger partial charge in [0.05, 0.1) is 40.5 Å². The van der Waals surface area contributed by atoms with Crippen LogP contribution in [0.4, 0.5) is 36.8 Å². The Kier molecular flexibility index (Phi) is 20.3. The van der Waals surface area contributed by atoms with E-state index >= 15 is 4.39 Å². The molecule has 4 aromatic heterocycles. The second-order valence-electron chi connectivity index (χ2n) is 15.5. The number of nitrogens with one attached hydrogen (secondary N) is 2. The maximum absolute atomic E-state index is 15.5. The standard InChI is InChI=1S/C18H20F3N5O4S.C13H17F3N2O3S.C12H10N2O2.CH4/c1-18(21,31(28,29)14-2-3-15(22-11-14)30-16(19)20)12-5-8-26(9-6-12)17(27)25-13-4-7-23-24-10-13;1-13(16,9-4-6-17-7-5-9)22(19,20)10-2-3-11(18-8-10)21-12(14)15;15-12(8-10-6-7-13-14-9-10)16-11-4-2-1-3-5-11;/h2-4,7,10-12,16H,5-6,8-9H2,1H3,(H,23,25,27);2-3,8-9,12,17H,4-7H2,1H3;1-7,9H,8H2;1H4. The minimum Gasteiger partial charge on any atom is -0.426 e. The number of urea groups is 1. The van der Waals surface area contributed by atoms with Gasteiger partial charge in [-0.2, -0.15) is 38.0 Å². The molecule has 0 aliphatic carbocycles. The predicted molar refractivity (Wildman–Crippen MR) is 241 cm³/mol. The monoisotopic (exact) mass is 1030 g/mol. The van der Waals surface area contributed by atoms with E-state index in [1.165, 1.54) is 17.3 Å². The van der Waals surface area contributed by atoms with Crippen LogP contribution in [0.3, 0.4) is 0 Å². The number of halogens is 6. The first-order valence-corrected chi connectivity index (χ1v) is 23.9. The molecule has 1 aromatic carbocycles. The Morgan fingerprint density at radius 3 is 1.64 bits per heavy atom. The number of hydrogen-bond acceptors (Lipinski definition) is 16. The quantitative estimate of drug-likeness (QED) is 0.0632. The Morgan fingerprint density at radius 1 is 0.700 bits per heavy atom. The summed E-state index contributed by atoms with van der Waals surface area (Å²) in [5.74, 6) is -2.15. The second kappa shape index (κ2) is 25.4.